The van der Waals surface area contributed by atoms with Gasteiger partial charge in [-0.1, -0.05) is 6.07 Å². The SMILES string of the molecule is Fc1cccc(NC[C@H]2CCCN2c2ncnc3nc[nH]c23)c1. The molecular weight excluding hydrogens is 295 g/mol. The standard InChI is InChI=1S/C16H17FN6/c17-11-3-1-4-12(7-11)18-8-13-5-2-6-23(13)16-14-15(20-9-19-14)21-10-22-16/h1,3-4,7,9-10,13,18H,2,5-6,8H2,(H,19,20,21,22)/t13-/m1/s1. The summed E-state index contributed by atoms with van der Waals surface area (Å²) in [7, 11) is 0. The van der Waals surface area contributed by atoms with Gasteiger partial charge >= 0.3 is 0 Å². The van der Waals surface area contributed by atoms with Crippen LogP contribution in [0.25, 0.3) is 11.2 Å². The normalized spacial score (nSPS) is 17.8. The van der Waals surface area contributed by atoms with Gasteiger partial charge < -0.3 is 15.2 Å². The van der Waals surface area contributed by atoms with E-state index < -0.39 is 0 Å². The highest BCUT2D eigenvalue weighted by Crippen LogP contribution is 2.28. The number of benzene rings is 1. The van der Waals surface area contributed by atoms with E-state index >= 15 is 0 Å². The van der Waals surface area contributed by atoms with Crippen molar-refractivity contribution in [3.63, 3.8) is 0 Å². The fraction of sp³-hybridized carbons (Fsp3) is 0.312. The molecule has 118 valence electrons. The van der Waals surface area contributed by atoms with Crippen LogP contribution in [0.3, 0.4) is 0 Å². The van der Waals surface area contributed by atoms with E-state index in [-0.39, 0.29) is 5.82 Å². The molecule has 7 heteroatoms. The molecule has 0 aliphatic carbocycles. The lowest BCUT2D eigenvalue weighted by atomic mass is 10.2. The van der Waals surface area contributed by atoms with Gasteiger partial charge in [-0.2, -0.15) is 0 Å². The van der Waals surface area contributed by atoms with Gasteiger partial charge in [0.1, 0.15) is 17.7 Å². The summed E-state index contributed by atoms with van der Waals surface area (Å²) in [6, 6.07) is 6.85. The first kappa shape index (κ1) is 13.9. The molecule has 3 heterocycles. The molecule has 0 unspecified atom stereocenters. The maximum atomic E-state index is 13.3. The van der Waals surface area contributed by atoms with E-state index in [2.05, 4.69) is 30.2 Å². The Balaban J connectivity index is 1.54. The Morgan fingerprint density at radius 1 is 1.30 bits per heavy atom. The molecule has 3 aromatic rings. The summed E-state index contributed by atoms with van der Waals surface area (Å²) in [6.07, 6.45) is 5.36. The topological polar surface area (TPSA) is 69.7 Å². The molecule has 0 bridgehead atoms. The minimum Gasteiger partial charge on any atom is -0.383 e. The van der Waals surface area contributed by atoms with Crippen LogP contribution in [0.1, 0.15) is 12.8 Å². The summed E-state index contributed by atoms with van der Waals surface area (Å²) >= 11 is 0. The van der Waals surface area contributed by atoms with Gasteiger partial charge in [0, 0.05) is 24.8 Å². The van der Waals surface area contributed by atoms with E-state index in [4.69, 9.17) is 0 Å². The minimum absolute atomic E-state index is 0.228. The van der Waals surface area contributed by atoms with Crippen LogP contribution in [0.5, 0.6) is 0 Å². The van der Waals surface area contributed by atoms with Gasteiger partial charge in [-0.05, 0) is 31.0 Å². The Kier molecular flexibility index (Phi) is 3.53. The van der Waals surface area contributed by atoms with E-state index in [1.165, 1.54) is 12.1 Å². The van der Waals surface area contributed by atoms with Gasteiger partial charge in [0.2, 0.25) is 0 Å². The molecule has 0 amide bonds. The van der Waals surface area contributed by atoms with Crippen LogP contribution in [0.15, 0.2) is 36.9 Å². The Morgan fingerprint density at radius 2 is 2.26 bits per heavy atom. The highest BCUT2D eigenvalue weighted by Gasteiger charge is 2.27. The third kappa shape index (κ3) is 2.69. The van der Waals surface area contributed by atoms with E-state index in [0.717, 1.165) is 43.0 Å². The lowest BCUT2D eigenvalue weighted by molar-refractivity contribution is 0.627. The molecule has 0 spiro atoms. The molecule has 0 saturated carbocycles. The number of hydrogen-bond acceptors (Lipinski definition) is 5. The third-order valence-electron chi connectivity index (χ3n) is 4.22. The fourth-order valence-corrected chi connectivity index (χ4v) is 3.13. The molecule has 1 aliphatic heterocycles. The molecule has 2 N–H and O–H groups in total. The van der Waals surface area contributed by atoms with Crippen molar-refractivity contribution in [1.29, 1.82) is 0 Å². The Hall–Kier alpha value is -2.70. The van der Waals surface area contributed by atoms with Crippen molar-refractivity contribution in [2.24, 2.45) is 0 Å². The van der Waals surface area contributed by atoms with Crippen LogP contribution in [0, 0.1) is 5.82 Å². The van der Waals surface area contributed by atoms with Crippen molar-refractivity contribution in [3.8, 4) is 0 Å². The molecule has 23 heavy (non-hydrogen) atoms. The van der Waals surface area contributed by atoms with Crippen molar-refractivity contribution in [2.45, 2.75) is 18.9 Å². The van der Waals surface area contributed by atoms with Crippen molar-refractivity contribution >= 4 is 22.7 Å². The summed E-state index contributed by atoms with van der Waals surface area (Å²) in [4.78, 5) is 18.2. The molecule has 6 nitrogen and oxygen atoms in total. The number of anilines is 2. The number of aromatic nitrogens is 4. The number of H-pyrrole nitrogens is 1. The summed E-state index contributed by atoms with van der Waals surface area (Å²) in [5.74, 6) is 0.657. The van der Waals surface area contributed by atoms with Gasteiger partial charge in [0.05, 0.1) is 6.33 Å². The Bertz CT molecular complexity index is 817. The lowest BCUT2D eigenvalue weighted by Crippen LogP contribution is -2.35. The molecule has 0 radical (unpaired) electrons. The highest BCUT2D eigenvalue weighted by atomic mass is 19.1. The molecule has 1 aromatic carbocycles. The van der Waals surface area contributed by atoms with Gasteiger partial charge in [0.25, 0.3) is 0 Å². The quantitative estimate of drug-likeness (QED) is 0.775. The minimum atomic E-state index is -0.228. The van der Waals surface area contributed by atoms with Crippen molar-refractivity contribution in [3.05, 3.63) is 42.7 Å². The van der Waals surface area contributed by atoms with Crippen molar-refractivity contribution < 1.29 is 4.39 Å². The second-order valence-electron chi connectivity index (χ2n) is 5.68. The van der Waals surface area contributed by atoms with Crippen LogP contribution in [0.4, 0.5) is 15.9 Å². The maximum absolute atomic E-state index is 13.3. The van der Waals surface area contributed by atoms with Gasteiger partial charge in [-0.15, -0.1) is 0 Å². The molecule has 4 rings (SSSR count). The fourth-order valence-electron chi connectivity index (χ4n) is 3.13. The number of halogens is 1. The van der Waals surface area contributed by atoms with Gasteiger partial charge in [-0.25, -0.2) is 19.3 Å². The number of nitrogens with zero attached hydrogens (tertiary/aromatic N) is 4. The molecular formula is C16H17FN6. The third-order valence-corrected chi connectivity index (χ3v) is 4.22. The van der Waals surface area contributed by atoms with Crippen LogP contribution < -0.4 is 10.2 Å². The van der Waals surface area contributed by atoms with Crippen LogP contribution in [-0.2, 0) is 0 Å². The van der Waals surface area contributed by atoms with E-state index in [9.17, 15) is 4.39 Å². The summed E-state index contributed by atoms with van der Waals surface area (Å²) < 4.78 is 13.3. The Labute approximate surface area is 132 Å². The molecule has 1 aliphatic rings. The molecule has 1 fully saturated rings. The zero-order valence-corrected chi connectivity index (χ0v) is 12.5. The largest absolute Gasteiger partial charge is 0.383 e. The number of nitrogens with one attached hydrogen (secondary N) is 2. The average Bonchev–Trinajstić information content (AvgIpc) is 3.21. The zero-order valence-electron chi connectivity index (χ0n) is 12.5. The highest BCUT2D eigenvalue weighted by molar-refractivity contribution is 5.83. The zero-order chi connectivity index (χ0) is 15.6. The maximum Gasteiger partial charge on any atom is 0.182 e. The van der Waals surface area contributed by atoms with E-state index in [1.54, 1.807) is 18.7 Å². The number of rotatable bonds is 4. The van der Waals surface area contributed by atoms with Gasteiger partial charge in [0.15, 0.2) is 11.5 Å². The van der Waals surface area contributed by atoms with Crippen LogP contribution in [-0.4, -0.2) is 39.1 Å². The van der Waals surface area contributed by atoms with Gasteiger partial charge in [-0.3, -0.25) is 0 Å². The number of imidazole rings is 1. The van der Waals surface area contributed by atoms with Crippen molar-refractivity contribution in [2.75, 3.05) is 23.3 Å². The monoisotopic (exact) mass is 312 g/mol. The number of aromatic amines is 1. The van der Waals surface area contributed by atoms with E-state index in [0.29, 0.717) is 11.7 Å². The summed E-state index contributed by atoms with van der Waals surface area (Å²) in [5.41, 5.74) is 2.34. The first-order valence-corrected chi connectivity index (χ1v) is 7.71. The van der Waals surface area contributed by atoms with Crippen molar-refractivity contribution in [1.82, 2.24) is 19.9 Å². The van der Waals surface area contributed by atoms with Crippen LogP contribution >= 0.6 is 0 Å². The second kappa shape index (κ2) is 5.83. The molecule has 1 atom stereocenters. The second-order valence-corrected chi connectivity index (χ2v) is 5.68. The summed E-state index contributed by atoms with van der Waals surface area (Å²) in [5, 5.41) is 3.32. The number of hydrogen-bond donors (Lipinski definition) is 2. The first-order chi connectivity index (χ1) is 11.3. The lowest BCUT2D eigenvalue weighted by Gasteiger charge is -2.26. The first-order valence-electron chi connectivity index (χ1n) is 7.71. The predicted octanol–water partition coefficient (Wildman–Crippen LogP) is 2.57. The summed E-state index contributed by atoms with van der Waals surface area (Å²) in [6.45, 7) is 1.68. The number of fused-ring (bicyclic) bond motifs is 1. The predicted molar refractivity (Wildman–Crippen MR) is 86.9 cm³/mol. The smallest absolute Gasteiger partial charge is 0.182 e. The van der Waals surface area contributed by atoms with E-state index in [1.807, 2.05) is 6.07 Å². The average molecular weight is 312 g/mol. The molecule has 2 aromatic heterocycles. The molecule has 1 saturated heterocycles. The Morgan fingerprint density at radius 3 is 3.17 bits per heavy atom. The van der Waals surface area contributed by atoms with Crippen LogP contribution in [0.2, 0.25) is 0 Å².